The van der Waals surface area contributed by atoms with Crippen LogP contribution in [0.2, 0.25) is 5.28 Å². The van der Waals surface area contributed by atoms with Gasteiger partial charge in [-0.2, -0.15) is 0 Å². The molecule has 3 nitrogen and oxygen atoms in total. The molecule has 0 unspecified atom stereocenters. The molecule has 0 saturated heterocycles. The molecule has 3 rings (SSSR count). The second-order valence-electron chi connectivity index (χ2n) is 4.72. The Hall–Kier alpha value is -1.72. The maximum atomic E-state index is 13.1. The molecule has 0 radical (unpaired) electrons. The highest BCUT2D eigenvalue weighted by Crippen LogP contribution is 2.29. The van der Waals surface area contributed by atoms with Crippen molar-refractivity contribution in [3.8, 4) is 0 Å². The van der Waals surface area contributed by atoms with Crippen molar-refractivity contribution in [2.75, 3.05) is 11.9 Å². The van der Waals surface area contributed by atoms with Gasteiger partial charge in [-0.15, -0.1) is 11.3 Å². The predicted molar refractivity (Wildman–Crippen MR) is 85.8 cm³/mol. The fourth-order valence-electron chi connectivity index (χ4n) is 2.17. The molecule has 0 saturated carbocycles. The first kappa shape index (κ1) is 14.2. The van der Waals surface area contributed by atoms with Crippen LogP contribution in [-0.2, 0) is 6.42 Å². The number of aromatic nitrogens is 2. The predicted octanol–water partition coefficient (Wildman–Crippen LogP) is 4.45. The number of anilines is 1. The average Bonchev–Trinajstić information content (AvgIpc) is 2.79. The maximum absolute atomic E-state index is 13.1. The van der Waals surface area contributed by atoms with Crippen LogP contribution in [-0.4, -0.2) is 16.5 Å². The normalized spacial score (nSPS) is 11.0. The molecule has 0 spiro atoms. The Bertz CT molecular complexity index is 788. The van der Waals surface area contributed by atoms with E-state index >= 15 is 0 Å². The van der Waals surface area contributed by atoms with E-state index in [-0.39, 0.29) is 11.1 Å². The topological polar surface area (TPSA) is 37.8 Å². The third-order valence-electron chi connectivity index (χ3n) is 3.08. The zero-order valence-electron chi connectivity index (χ0n) is 11.4. The Morgan fingerprint density at radius 1 is 1.29 bits per heavy atom. The number of benzene rings is 1. The number of fused-ring (bicyclic) bond motifs is 1. The molecule has 1 N–H and O–H groups in total. The lowest BCUT2D eigenvalue weighted by Crippen LogP contribution is -2.07. The van der Waals surface area contributed by atoms with E-state index < -0.39 is 0 Å². The summed E-state index contributed by atoms with van der Waals surface area (Å²) in [6.07, 6.45) is 0.712. The second kappa shape index (κ2) is 5.95. The smallest absolute Gasteiger partial charge is 0.225 e. The summed E-state index contributed by atoms with van der Waals surface area (Å²) in [4.78, 5) is 10.5. The highest BCUT2D eigenvalue weighted by Gasteiger charge is 2.09. The van der Waals surface area contributed by atoms with Crippen LogP contribution in [0.4, 0.5) is 10.2 Å². The van der Waals surface area contributed by atoms with E-state index in [2.05, 4.69) is 15.3 Å². The van der Waals surface area contributed by atoms with Crippen molar-refractivity contribution in [1.29, 1.82) is 0 Å². The molecule has 0 aliphatic carbocycles. The monoisotopic (exact) mass is 321 g/mol. The summed E-state index contributed by atoms with van der Waals surface area (Å²) < 4.78 is 13.1. The van der Waals surface area contributed by atoms with E-state index in [1.54, 1.807) is 23.5 Å². The molecule has 0 aliphatic heterocycles. The van der Waals surface area contributed by atoms with Crippen molar-refractivity contribution in [3.63, 3.8) is 0 Å². The third-order valence-corrected chi connectivity index (χ3v) is 4.20. The van der Waals surface area contributed by atoms with E-state index in [0.717, 1.165) is 26.5 Å². The van der Waals surface area contributed by atoms with E-state index in [0.29, 0.717) is 13.0 Å². The Balaban J connectivity index is 1.76. The Morgan fingerprint density at radius 3 is 2.95 bits per heavy atom. The highest BCUT2D eigenvalue weighted by atomic mass is 35.5. The van der Waals surface area contributed by atoms with Gasteiger partial charge < -0.3 is 5.32 Å². The van der Waals surface area contributed by atoms with Gasteiger partial charge in [0, 0.05) is 11.4 Å². The van der Waals surface area contributed by atoms with Gasteiger partial charge in [0.25, 0.3) is 0 Å². The summed E-state index contributed by atoms with van der Waals surface area (Å²) in [5.41, 5.74) is 0.945. The van der Waals surface area contributed by atoms with Gasteiger partial charge in [0.2, 0.25) is 5.28 Å². The highest BCUT2D eigenvalue weighted by molar-refractivity contribution is 7.18. The molecule has 6 heteroatoms. The lowest BCUT2D eigenvalue weighted by Gasteiger charge is -2.07. The van der Waals surface area contributed by atoms with Crippen LogP contribution in [0.1, 0.15) is 10.4 Å². The van der Waals surface area contributed by atoms with E-state index in [9.17, 15) is 4.39 Å². The van der Waals surface area contributed by atoms with Gasteiger partial charge in [0.05, 0.1) is 5.39 Å². The molecule has 108 valence electrons. The molecule has 0 fully saturated rings. The summed E-state index contributed by atoms with van der Waals surface area (Å²) in [7, 11) is 0. The minimum Gasteiger partial charge on any atom is -0.369 e. The van der Waals surface area contributed by atoms with E-state index in [4.69, 9.17) is 11.6 Å². The van der Waals surface area contributed by atoms with Crippen LogP contribution in [0.15, 0.2) is 30.3 Å². The number of halogens is 2. The molecule has 0 aliphatic rings. The molecule has 0 atom stereocenters. The van der Waals surface area contributed by atoms with Crippen molar-refractivity contribution in [2.24, 2.45) is 0 Å². The summed E-state index contributed by atoms with van der Waals surface area (Å²) in [5, 5.41) is 4.47. The van der Waals surface area contributed by atoms with Gasteiger partial charge in [-0.1, -0.05) is 12.1 Å². The van der Waals surface area contributed by atoms with E-state index in [1.807, 2.05) is 19.1 Å². The van der Waals surface area contributed by atoms with Crippen molar-refractivity contribution in [2.45, 2.75) is 13.3 Å². The summed E-state index contributed by atoms with van der Waals surface area (Å²) >= 11 is 7.53. The van der Waals surface area contributed by atoms with Gasteiger partial charge >= 0.3 is 0 Å². The number of hydrogen-bond acceptors (Lipinski definition) is 4. The summed E-state index contributed by atoms with van der Waals surface area (Å²) in [5.74, 6) is 0.513. The van der Waals surface area contributed by atoms with Crippen LogP contribution >= 0.6 is 22.9 Å². The Morgan fingerprint density at radius 2 is 2.14 bits per heavy atom. The number of rotatable bonds is 4. The second-order valence-corrected chi connectivity index (χ2v) is 6.30. The van der Waals surface area contributed by atoms with Gasteiger partial charge in [0.1, 0.15) is 16.5 Å². The Kier molecular flexibility index (Phi) is 4.03. The zero-order valence-corrected chi connectivity index (χ0v) is 12.9. The SMILES string of the molecule is Cc1cc2c(NCCc3cccc(F)c3)nc(Cl)nc2s1. The molecule has 0 bridgehead atoms. The van der Waals surface area contributed by atoms with Gasteiger partial charge in [-0.05, 0) is 48.7 Å². The van der Waals surface area contributed by atoms with Gasteiger partial charge in [-0.3, -0.25) is 0 Å². The van der Waals surface area contributed by atoms with Crippen LogP contribution in [0.3, 0.4) is 0 Å². The molecular weight excluding hydrogens is 309 g/mol. The minimum absolute atomic E-state index is 0.214. The molecule has 0 amide bonds. The molecule has 2 heterocycles. The Labute approximate surface area is 130 Å². The largest absolute Gasteiger partial charge is 0.369 e. The third kappa shape index (κ3) is 3.31. The molecular formula is C15H13ClFN3S. The minimum atomic E-state index is -0.214. The zero-order chi connectivity index (χ0) is 14.8. The standard InChI is InChI=1S/C15H13ClFN3S/c1-9-7-12-13(19-15(16)20-14(12)21-9)18-6-5-10-3-2-4-11(17)8-10/h2-4,7-8H,5-6H2,1H3,(H,18,19,20). The van der Waals surface area contributed by atoms with Gasteiger partial charge in [0.15, 0.2) is 0 Å². The van der Waals surface area contributed by atoms with Crippen molar-refractivity contribution in [3.05, 3.63) is 51.9 Å². The fourth-order valence-corrected chi connectivity index (χ4v) is 3.27. The molecule has 21 heavy (non-hydrogen) atoms. The van der Waals surface area contributed by atoms with Crippen LogP contribution in [0.5, 0.6) is 0 Å². The lowest BCUT2D eigenvalue weighted by molar-refractivity contribution is 0.625. The number of thiophene rings is 1. The quantitative estimate of drug-likeness (QED) is 0.722. The number of nitrogens with one attached hydrogen (secondary N) is 1. The first-order valence-corrected chi connectivity index (χ1v) is 7.73. The van der Waals surface area contributed by atoms with Crippen molar-refractivity contribution < 1.29 is 4.39 Å². The lowest BCUT2D eigenvalue weighted by atomic mass is 10.1. The van der Waals surface area contributed by atoms with Crippen molar-refractivity contribution in [1.82, 2.24) is 9.97 Å². The summed E-state index contributed by atoms with van der Waals surface area (Å²) in [6, 6.07) is 8.65. The fraction of sp³-hybridized carbons (Fsp3) is 0.200. The van der Waals surface area contributed by atoms with E-state index in [1.165, 1.54) is 6.07 Å². The number of hydrogen-bond donors (Lipinski definition) is 1. The molecule has 2 aromatic heterocycles. The molecule has 1 aromatic carbocycles. The average molecular weight is 322 g/mol. The first-order valence-electron chi connectivity index (χ1n) is 6.54. The number of aryl methyl sites for hydroxylation is 1. The maximum Gasteiger partial charge on any atom is 0.225 e. The summed E-state index contributed by atoms with van der Waals surface area (Å²) in [6.45, 7) is 2.68. The van der Waals surface area contributed by atoms with Gasteiger partial charge in [-0.25, -0.2) is 14.4 Å². The van der Waals surface area contributed by atoms with Crippen LogP contribution < -0.4 is 5.32 Å². The van der Waals surface area contributed by atoms with Crippen molar-refractivity contribution >= 4 is 39.0 Å². The molecule has 3 aromatic rings. The van der Waals surface area contributed by atoms with Crippen LogP contribution in [0.25, 0.3) is 10.2 Å². The number of nitrogens with zero attached hydrogens (tertiary/aromatic N) is 2. The first-order chi connectivity index (χ1) is 10.1. The van der Waals surface area contributed by atoms with Crippen LogP contribution in [0, 0.1) is 12.7 Å².